The average Bonchev–Trinajstić information content (AvgIpc) is 2.65. The molecule has 0 spiro atoms. The van der Waals surface area contributed by atoms with Gasteiger partial charge in [-0.2, -0.15) is 0 Å². The molecule has 1 aliphatic rings. The molecule has 1 unspecified atom stereocenters. The summed E-state index contributed by atoms with van der Waals surface area (Å²) in [6, 6.07) is 8.22. The van der Waals surface area contributed by atoms with Crippen LogP contribution in [0.1, 0.15) is 18.1 Å². The van der Waals surface area contributed by atoms with Crippen LogP contribution in [-0.2, 0) is 0 Å². The van der Waals surface area contributed by atoms with Crippen LogP contribution >= 0.6 is 11.8 Å². The Bertz CT molecular complexity index is 409. The third-order valence-electron chi connectivity index (χ3n) is 2.45. The van der Waals surface area contributed by atoms with Crippen molar-refractivity contribution < 1.29 is 0 Å². The van der Waals surface area contributed by atoms with E-state index in [1.807, 2.05) is 23.9 Å². The summed E-state index contributed by atoms with van der Waals surface area (Å²) in [6.07, 6.45) is 5.38. The number of thioether (sulfide) groups is 1. The standard InChI is InChI=1S/C13H12S/c1-3-11-5-4-6-12(7-11)13-9-14-8-10(13)2/h1,4-7,9-10H,8H2,2H3. The van der Waals surface area contributed by atoms with E-state index in [4.69, 9.17) is 6.42 Å². The largest absolute Gasteiger partial charge is 0.133 e. The van der Waals surface area contributed by atoms with Gasteiger partial charge < -0.3 is 0 Å². The van der Waals surface area contributed by atoms with Gasteiger partial charge in [0.25, 0.3) is 0 Å². The molecule has 14 heavy (non-hydrogen) atoms. The van der Waals surface area contributed by atoms with E-state index < -0.39 is 0 Å². The quantitative estimate of drug-likeness (QED) is 0.626. The highest BCUT2D eigenvalue weighted by Gasteiger charge is 2.16. The molecule has 0 nitrogen and oxygen atoms in total. The normalized spacial score (nSPS) is 20.3. The van der Waals surface area contributed by atoms with Crippen LogP contribution in [0.3, 0.4) is 0 Å². The Morgan fingerprint density at radius 1 is 1.50 bits per heavy atom. The van der Waals surface area contributed by atoms with Gasteiger partial charge in [-0.15, -0.1) is 18.2 Å². The van der Waals surface area contributed by atoms with Crippen molar-refractivity contribution in [1.82, 2.24) is 0 Å². The molecule has 1 heterocycles. The second-order valence-electron chi connectivity index (χ2n) is 3.53. The molecule has 0 bridgehead atoms. The van der Waals surface area contributed by atoms with Gasteiger partial charge in [-0.25, -0.2) is 0 Å². The lowest BCUT2D eigenvalue weighted by Crippen LogP contribution is -1.96. The Hall–Kier alpha value is -1.13. The smallest absolute Gasteiger partial charge is 0.0248 e. The molecule has 0 radical (unpaired) electrons. The Morgan fingerprint density at radius 3 is 3.00 bits per heavy atom. The molecule has 0 aliphatic carbocycles. The van der Waals surface area contributed by atoms with E-state index in [9.17, 15) is 0 Å². The summed E-state index contributed by atoms with van der Waals surface area (Å²) in [5, 5.41) is 2.25. The lowest BCUT2D eigenvalue weighted by molar-refractivity contribution is 0.883. The number of hydrogen-bond donors (Lipinski definition) is 0. The van der Waals surface area contributed by atoms with Crippen LogP contribution in [0.5, 0.6) is 0 Å². The van der Waals surface area contributed by atoms with Crippen LogP contribution < -0.4 is 0 Å². The number of terminal acetylenes is 1. The van der Waals surface area contributed by atoms with Crippen molar-refractivity contribution in [2.75, 3.05) is 5.75 Å². The van der Waals surface area contributed by atoms with E-state index in [0.29, 0.717) is 5.92 Å². The fourth-order valence-electron chi connectivity index (χ4n) is 1.63. The third kappa shape index (κ3) is 1.71. The van der Waals surface area contributed by atoms with E-state index in [1.165, 1.54) is 16.9 Å². The molecule has 0 N–H and O–H groups in total. The van der Waals surface area contributed by atoms with Crippen LogP contribution in [0.15, 0.2) is 29.7 Å². The van der Waals surface area contributed by atoms with Gasteiger partial charge in [0.15, 0.2) is 0 Å². The minimum Gasteiger partial charge on any atom is -0.133 e. The highest BCUT2D eigenvalue weighted by Crippen LogP contribution is 2.35. The summed E-state index contributed by atoms with van der Waals surface area (Å²) >= 11 is 1.88. The molecule has 0 amide bonds. The molecule has 1 aromatic carbocycles. The highest BCUT2D eigenvalue weighted by atomic mass is 32.2. The Labute approximate surface area is 89.4 Å². The molecule has 70 valence electrons. The second-order valence-corrected chi connectivity index (χ2v) is 4.44. The monoisotopic (exact) mass is 200 g/mol. The Balaban J connectivity index is 2.38. The molecular formula is C13H12S. The first-order valence-corrected chi connectivity index (χ1v) is 5.75. The first kappa shape index (κ1) is 9.43. The van der Waals surface area contributed by atoms with E-state index in [2.05, 4.69) is 30.4 Å². The van der Waals surface area contributed by atoms with Gasteiger partial charge in [0.05, 0.1) is 0 Å². The fourth-order valence-corrected chi connectivity index (χ4v) is 2.74. The maximum Gasteiger partial charge on any atom is 0.0248 e. The lowest BCUT2D eigenvalue weighted by Gasteiger charge is -2.08. The first-order valence-electron chi connectivity index (χ1n) is 4.70. The van der Waals surface area contributed by atoms with E-state index >= 15 is 0 Å². The van der Waals surface area contributed by atoms with Gasteiger partial charge in [0.2, 0.25) is 0 Å². The number of hydrogen-bond acceptors (Lipinski definition) is 1. The Kier molecular flexibility index (Phi) is 2.65. The van der Waals surface area contributed by atoms with Crippen molar-refractivity contribution in [1.29, 1.82) is 0 Å². The average molecular weight is 200 g/mol. The van der Waals surface area contributed by atoms with Crippen molar-refractivity contribution in [2.24, 2.45) is 5.92 Å². The summed E-state index contributed by atoms with van der Waals surface area (Å²) in [4.78, 5) is 0. The minimum absolute atomic E-state index is 0.646. The summed E-state index contributed by atoms with van der Waals surface area (Å²) in [7, 11) is 0. The summed E-state index contributed by atoms with van der Waals surface area (Å²) in [6.45, 7) is 2.26. The first-order chi connectivity index (χ1) is 6.81. The topological polar surface area (TPSA) is 0 Å². The van der Waals surface area contributed by atoms with E-state index in [-0.39, 0.29) is 0 Å². The van der Waals surface area contributed by atoms with Crippen molar-refractivity contribution in [3.63, 3.8) is 0 Å². The third-order valence-corrected chi connectivity index (χ3v) is 3.56. The molecule has 0 saturated carbocycles. The fraction of sp³-hybridized carbons (Fsp3) is 0.231. The van der Waals surface area contributed by atoms with Gasteiger partial charge in [0, 0.05) is 11.3 Å². The van der Waals surface area contributed by atoms with Crippen LogP contribution in [0.2, 0.25) is 0 Å². The SMILES string of the molecule is C#Cc1cccc(C2=CSCC2C)c1. The van der Waals surface area contributed by atoms with Gasteiger partial charge >= 0.3 is 0 Å². The van der Waals surface area contributed by atoms with E-state index in [0.717, 1.165) is 5.56 Å². The van der Waals surface area contributed by atoms with Crippen molar-refractivity contribution in [3.8, 4) is 12.3 Å². The van der Waals surface area contributed by atoms with Gasteiger partial charge in [-0.1, -0.05) is 25.0 Å². The highest BCUT2D eigenvalue weighted by molar-refractivity contribution is 8.02. The summed E-state index contributed by atoms with van der Waals surface area (Å²) in [5.74, 6) is 4.51. The Morgan fingerprint density at radius 2 is 2.36 bits per heavy atom. The molecule has 1 aromatic rings. The van der Waals surface area contributed by atoms with Gasteiger partial charge in [0.1, 0.15) is 0 Å². The van der Waals surface area contributed by atoms with Crippen molar-refractivity contribution in [3.05, 3.63) is 40.8 Å². The van der Waals surface area contributed by atoms with E-state index in [1.54, 1.807) is 0 Å². The van der Waals surface area contributed by atoms with Crippen molar-refractivity contribution >= 4 is 17.3 Å². The van der Waals surface area contributed by atoms with Gasteiger partial charge in [-0.3, -0.25) is 0 Å². The second kappa shape index (κ2) is 3.94. The lowest BCUT2D eigenvalue weighted by atomic mass is 9.96. The molecule has 1 aliphatic heterocycles. The molecular weight excluding hydrogens is 188 g/mol. The summed E-state index contributed by atoms with van der Waals surface area (Å²) in [5.41, 5.74) is 3.66. The predicted molar refractivity (Wildman–Crippen MR) is 64.0 cm³/mol. The predicted octanol–water partition coefficient (Wildman–Crippen LogP) is 3.39. The summed E-state index contributed by atoms with van der Waals surface area (Å²) < 4.78 is 0. The van der Waals surface area contributed by atoms with Crippen LogP contribution in [0.25, 0.3) is 5.57 Å². The number of rotatable bonds is 1. The maximum absolute atomic E-state index is 5.38. The number of allylic oxidation sites excluding steroid dienone is 1. The molecule has 0 aromatic heterocycles. The van der Waals surface area contributed by atoms with Crippen LogP contribution in [-0.4, -0.2) is 5.75 Å². The van der Waals surface area contributed by atoms with Crippen LogP contribution in [0.4, 0.5) is 0 Å². The van der Waals surface area contributed by atoms with Gasteiger partial charge in [-0.05, 0) is 34.6 Å². The maximum atomic E-state index is 5.38. The zero-order chi connectivity index (χ0) is 9.97. The minimum atomic E-state index is 0.646. The molecule has 0 fully saturated rings. The zero-order valence-corrected chi connectivity index (χ0v) is 8.97. The molecule has 2 rings (SSSR count). The zero-order valence-electron chi connectivity index (χ0n) is 8.16. The molecule has 1 heteroatoms. The molecule has 1 atom stereocenters. The van der Waals surface area contributed by atoms with Crippen molar-refractivity contribution in [2.45, 2.75) is 6.92 Å². The molecule has 0 saturated heterocycles. The number of benzene rings is 1. The van der Waals surface area contributed by atoms with Crippen LogP contribution in [0, 0.1) is 18.3 Å².